The Labute approximate surface area is 82.7 Å². The minimum atomic E-state index is -0.876. The highest BCUT2D eigenvalue weighted by Gasteiger charge is 2.15. The summed E-state index contributed by atoms with van der Waals surface area (Å²) in [6, 6.07) is 8.85. The summed E-state index contributed by atoms with van der Waals surface area (Å²) < 4.78 is 0. The molecule has 0 amide bonds. The predicted octanol–water partition coefficient (Wildman–Crippen LogP) is 0.188. The third-order valence-electron chi connectivity index (χ3n) is 1.94. The van der Waals surface area contributed by atoms with Crippen LogP contribution in [-0.4, -0.2) is 23.8 Å². The van der Waals surface area contributed by atoms with Crippen molar-refractivity contribution in [3.05, 3.63) is 35.9 Å². The SMILES string of the molecule is NCN[C@@H](Cc1ccccc1)C(=O)O. The van der Waals surface area contributed by atoms with Crippen molar-refractivity contribution in [2.75, 3.05) is 6.67 Å². The number of carboxylic acid groups (broad SMARTS) is 1. The molecule has 14 heavy (non-hydrogen) atoms. The van der Waals surface area contributed by atoms with Crippen LogP contribution in [0.3, 0.4) is 0 Å². The van der Waals surface area contributed by atoms with Gasteiger partial charge in [-0.25, -0.2) is 0 Å². The first-order valence-corrected chi connectivity index (χ1v) is 4.44. The molecule has 1 rings (SSSR count). The normalized spacial score (nSPS) is 12.4. The molecule has 0 bridgehead atoms. The second-order valence-electron chi connectivity index (χ2n) is 2.99. The highest BCUT2D eigenvalue weighted by molar-refractivity contribution is 5.73. The van der Waals surface area contributed by atoms with Crippen LogP contribution in [0.5, 0.6) is 0 Å². The summed E-state index contributed by atoms with van der Waals surface area (Å²) in [5.74, 6) is -0.876. The van der Waals surface area contributed by atoms with Crippen LogP contribution in [0.25, 0.3) is 0 Å². The van der Waals surface area contributed by atoms with Crippen molar-refractivity contribution in [1.82, 2.24) is 5.32 Å². The Hall–Kier alpha value is -1.39. The third-order valence-corrected chi connectivity index (χ3v) is 1.94. The molecule has 0 aliphatic carbocycles. The maximum atomic E-state index is 10.8. The molecule has 0 heterocycles. The molecule has 1 aromatic carbocycles. The Morgan fingerprint density at radius 2 is 2.07 bits per heavy atom. The first-order chi connectivity index (χ1) is 6.74. The maximum absolute atomic E-state index is 10.8. The van der Waals surface area contributed by atoms with Crippen LogP contribution in [0, 0.1) is 0 Å². The molecule has 0 fully saturated rings. The number of hydrogen-bond donors (Lipinski definition) is 3. The van der Waals surface area contributed by atoms with E-state index in [1.165, 1.54) is 0 Å². The van der Waals surface area contributed by atoms with Gasteiger partial charge in [0, 0.05) is 6.67 Å². The summed E-state index contributed by atoms with van der Waals surface area (Å²) in [6.07, 6.45) is 0.452. The standard InChI is InChI=1S/C10H14N2O2/c11-7-12-9(10(13)14)6-8-4-2-1-3-5-8/h1-5,9,12H,6-7,11H2,(H,13,14)/t9-/m0/s1. The van der Waals surface area contributed by atoms with Gasteiger partial charge < -0.3 is 10.8 Å². The van der Waals surface area contributed by atoms with Crippen LogP contribution >= 0.6 is 0 Å². The van der Waals surface area contributed by atoms with Crippen molar-refractivity contribution in [1.29, 1.82) is 0 Å². The number of carboxylic acids is 1. The molecule has 0 radical (unpaired) electrons. The van der Waals surface area contributed by atoms with Gasteiger partial charge in [-0.3, -0.25) is 10.1 Å². The Morgan fingerprint density at radius 3 is 2.57 bits per heavy atom. The Kier molecular flexibility index (Phi) is 4.10. The number of nitrogens with two attached hydrogens (primary N) is 1. The van der Waals surface area contributed by atoms with E-state index in [-0.39, 0.29) is 6.67 Å². The van der Waals surface area contributed by atoms with Crippen LogP contribution < -0.4 is 11.1 Å². The molecule has 4 N–H and O–H groups in total. The van der Waals surface area contributed by atoms with Crippen molar-refractivity contribution >= 4 is 5.97 Å². The molecular weight excluding hydrogens is 180 g/mol. The largest absolute Gasteiger partial charge is 0.480 e. The van der Waals surface area contributed by atoms with Gasteiger partial charge in [-0.1, -0.05) is 30.3 Å². The second kappa shape index (κ2) is 5.36. The molecule has 4 heteroatoms. The summed E-state index contributed by atoms with van der Waals surface area (Å²) in [5, 5.41) is 11.6. The monoisotopic (exact) mass is 194 g/mol. The average Bonchev–Trinajstić information content (AvgIpc) is 2.18. The minimum absolute atomic E-state index is 0.170. The molecule has 0 saturated carbocycles. The zero-order valence-electron chi connectivity index (χ0n) is 7.81. The van der Waals surface area contributed by atoms with E-state index in [1.807, 2.05) is 30.3 Å². The number of benzene rings is 1. The first kappa shape index (κ1) is 10.7. The van der Waals surface area contributed by atoms with Gasteiger partial charge >= 0.3 is 5.97 Å². The van der Waals surface area contributed by atoms with Gasteiger partial charge in [0.25, 0.3) is 0 Å². The Morgan fingerprint density at radius 1 is 1.43 bits per heavy atom. The lowest BCUT2D eigenvalue weighted by Crippen LogP contribution is -2.41. The van der Waals surface area contributed by atoms with E-state index in [0.717, 1.165) is 5.56 Å². The van der Waals surface area contributed by atoms with Crippen LogP contribution in [0.2, 0.25) is 0 Å². The minimum Gasteiger partial charge on any atom is -0.480 e. The van der Waals surface area contributed by atoms with Crippen molar-refractivity contribution in [2.45, 2.75) is 12.5 Å². The zero-order chi connectivity index (χ0) is 10.4. The summed E-state index contributed by atoms with van der Waals surface area (Å²) in [7, 11) is 0. The molecule has 76 valence electrons. The summed E-state index contributed by atoms with van der Waals surface area (Å²) in [4.78, 5) is 10.8. The lowest BCUT2D eigenvalue weighted by Gasteiger charge is -2.12. The van der Waals surface area contributed by atoms with E-state index in [9.17, 15) is 4.79 Å². The Balaban J connectivity index is 2.60. The van der Waals surface area contributed by atoms with E-state index in [0.29, 0.717) is 6.42 Å². The second-order valence-corrected chi connectivity index (χ2v) is 2.99. The highest BCUT2D eigenvalue weighted by Crippen LogP contribution is 2.02. The zero-order valence-corrected chi connectivity index (χ0v) is 7.81. The van der Waals surface area contributed by atoms with Crippen molar-refractivity contribution in [2.24, 2.45) is 5.73 Å². The lowest BCUT2D eigenvalue weighted by molar-refractivity contribution is -0.139. The molecule has 4 nitrogen and oxygen atoms in total. The van der Waals surface area contributed by atoms with E-state index in [1.54, 1.807) is 0 Å². The number of nitrogens with one attached hydrogen (secondary N) is 1. The molecule has 0 aromatic heterocycles. The van der Waals surface area contributed by atoms with Crippen LogP contribution in [0.4, 0.5) is 0 Å². The first-order valence-electron chi connectivity index (χ1n) is 4.44. The molecule has 0 unspecified atom stereocenters. The van der Waals surface area contributed by atoms with E-state index in [4.69, 9.17) is 10.8 Å². The number of rotatable bonds is 5. The number of aliphatic carboxylic acids is 1. The van der Waals surface area contributed by atoms with E-state index >= 15 is 0 Å². The molecule has 1 aromatic rings. The fourth-order valence-corrected chi connectivity index (χ4v) is 1.24. The molecular formula is C10H14N2O2. The number of carbonyl (C=O) groups is 1. The smallest absolute Gasteiger partial charge is 0.321 e. The van der Waals surface area contributed by atoms with Gasteiger partial charge in [0.05, 0.1) is 0 Å². The van der Waals surface area contributed by atoms with E-state index < -0.39 is 12.0 Å². The van der Waals surface area contributed by atoms with Gasteiger partial charge in [-0.05, 0) is 12.0 Å². The van der Waals surface area contributed by atoms with Crippen molar-refractivity contribution < 1.29 is 9.90 Å². The van der Waals surface area contributed by atoms with Crippen LogP contribution in [0.15, 0.2) is 30.3 Å². The third kappa shape index (κ3) is 3.16. The van der Waals surface area contributed by atoms with Crippen molar-refractivity contribution in [3.63, 3.8) is 0 Å². The molecule has 0 saturated heterocycles. The topological polar surface area (TPSA) is 75.3 Å². The maximum Gasteiger partial charge on any atom is 0.321 e. The lowest BCUT2D eigenvalue weighted by atomic mass is 10.1. The van der Waals surface area contributed by atoms with Gasteiger partial charge in [0.2, 0.25) is 0 Å². The summed E-state index contributed by atoms with van der Waals surface area (Å²) in [6.45, 7) is 0.170. The van der Waals surface area contributed by atoms with Crippen molar-refractivity contribution in [3.8, 4) is 0 Å². The predicted molar refractivity (Wildman–Crippen MR) is 53.8 cm³/mol. The van der Waals surface area contributed by atoms with Gasteiger partial charge in [0.1, 0.15) is 6.04 Å². The molecule has 1 atom stereocenters. The Bertz CT molecular complexity index is 287. The van der Waals surface area contributed by atoms with Gasteiger partial charge in [-0.15, -0.1) is 0 Å². The van der Waals surface area contributed by atoms with E-state index in [2.05, 4.69) is 5.32 Å². The molecule has 0 aliphatic heterocycles. The van der Waals surface area contributed by atoms with Crippen LogP contribution in [-0.2, 0) is 11.2 Å². The fraction of sp³-hybridized carbons (Fsp3) is 0.300. The fourth-order valence-electron chi connectivity index (χ4n) is 1.24. The number of hydrogen-bond acceptors (Lipinski definition) is 3. The van der Waals surface area contributed by atoms with Crippen LogP contribution in [0.1, 0.15) is 5.56 Å². The summed E-state index contributed by atoms with van der Waals surface area (Å²) in [5.41, 5.74) is 6.23. The summed E-state index contributed by atoms with van der Waals surface area (Å²) >= 11 is 0. The van der Waals surface area contributed by atoms with Gasteiger partial charge in [-0.2, -0.15) is 0 Å². The molecule has 0 spiro atoms. The average molecular weight is 194 g/mol. The highest BCUT2D eigenvalue weighted by atomic mass is 16.4. The molecule has 0 aliphatic rings. The quantitative estimate of drug-likeness (QED) is 0.585. The van der Waals surface area contributed by atoms with Gasteiger partial charge in [0.15, 0.2) is 0 Å².